The molecule has 2 aromatic rings. The van der Waals surface area contributed by atoms with Crippen LogP contribution < -0.4 is 10.4 Å². The highest BCUT2D eigenvalue weighted by molar-refractivity contribution is 7.64. The van der Waals surface area contributed by atoms with Crippen molar-refractivity contribution in [3.8, 4) is 0 Å². The van der Waals surface area contributed by atoms with E-state index in [9.17, 15) is 0 Å². The van der Waals surface area contributed by atoms with E-state index in [4.69, 9.17) is 0 Å². The summed E-state index contributed by atoms with van der Waals surface area (Å²) < 4.78 is 2.55. The summed E-state index contributed by atoms with van der Waals surface area (Å²) in [5.41, 5.74) is 4.18. The van der Waals surface area contributed by atoms with Gasteiger partial charge in [0.15, 0.2) is 0 Å². The topological polar surface area (TPSA) is 15.3 Å². The zero-order chi connectivity index (χ0) is 18.4. The lowest BCUT2D eigenvalue weighted by Crippen LogP contribution is -2.27. The molecule has 0 aliphatic carbocycles. The fraction of sp³-hybridized carbons (Fsp3) is 0.455. The Bertz CT molecular complexity index is 622. The van der Waals surface area contributed by atoms with Crippen molar-refractivity contribution in [2.75, 3.05) is 18.2 Å². The molecule has 25 heavy (non-hydrogen) atoms. The number of anilines is 1. The quantitative estimate of drug-likeness (QED) is 0.556. The molecule has 0 fully saturated rings. The Morgan fingerprint density at radius 1 is 0.800 bits per heavy atom. The van der Waals surface area contributed by atoms with Crippen molar-refractivity contribution in [1.82, 2.24) is 4.67 Å². The van der Waals surface area contributed by atoms with E-state index >= 15 is 0 Å². The average molecular weight is 356 g/mol. The van der Waals surface area contributed by atoms with Crippen LogP contribution in [0.25, 0.3) is 0 Å². The van der Waals surface area contributed by atoms with Crippen LogP contribution in [0.4, 0.5) is 5.69 Å². The van der Waals surface area contributed by atoms with Crippen LogP contribution in [0.1, 0.15) is 64.5 Å². The van der Waals surface area contributed by atoms with Gasteiger partial charge in [0, 0.05) is 24.1 Å². The molecule has 1 atom stereocenters. The third-order valence-electron chi connectivity index (χ3n) is 4.60. The monoisotopic (exact) mass is 356 g/mol. The molecule has 2 nitrogen and oxygen atoms in total. The molecule has 0 aromatic heterocycles. The number of nitrogens with one attached hydrogen (secondary N) is 1. The molecule has 0 aliphatic heterocycles. The zero-order valence-corrected chi connectivity index (χ0v) is 17.5. The standard InChI is InChI=1S/C22H33N2P/c1-7-24(8-2)25(19-13-10-9-11-14-19)23-22-20(17(3)4)15-12-16-21(22)18(5)6/h9-18,23H,7-8H2,1-6H3/t25-/m1/s1. The third-order valence-corrected chi connectivity index (χ3v) is 6.96. The van der Waals surface area contributed by atoms with Gasteiger partial charge in [-0.05, 0) is 23.0 Å². The smallest absolute Gasteiger partial charge is 0.0976 e. The summed E-state index contributed by atoms with van der Waals surface area (Å²) in [6.07, 6.45) is 0. The van der Waals surface area contributed by atoms with Crippen molar-refractivity contribution < 1.29 is 0 Å². The van der Waals surface area contributed by atoms with Gasteiger partial charge in [-0.15, -0.1) is 0 Å². The van der Waals surface area contributed by atoms with E-state index in [1.807, 2.05) is 0 Å². The minimum absolute atomic E-state index is 0.505. The van der Waals surface area contributed by atoms with Gasteiger partial charge in [-0.25, -0.2) is 0 Å². The lowest BCUT2D eigenvalue weighted by Gasteiger charge is -2.33. The van der Waals surface area contributed by atoms with Gasteiger partial charge in [0.25, 0.3) is 0 Å². The van der Waals surface area contributed by atoms with Crippen LogP contribution in [-0.4, -0.2) is 17.8 Å². The van der Waals surface area contributed by atoms with E-state index in [0.717, 1.165) is 13.1 Å². The second-order valence-corrected chi connectivity index (χ2v) is 8.95. The average Bonchev–Trinajstić information content (AvgIpc) is 2.62. The second kappa shape index (κ2) is 9.36. The van der Waals surface area contributed by atoms with E-state index in [0.29, 0.717) is 11.8 Å². The van der Waals surface area contributed by atoms with Crippen molar-refractivity contribution in [2.45, 2.75) is 53.4 Å². The van der Waals surface area contributed by atoms with E-state index in [-0.39, 0.29) is 0 Å². The van der Waals surface area contributed by atoms with E-state index < -0.39 is 8.22 Å². The Morgan fingerprint density at radius 3 is 1.76 bits per heavy atom. The summed E-state index contributed by atoms with van der Waals surface area (Å²) in [6, 6.07) is 17.7. The molecule has 0 saturated carbocycles. The van der Waals surface area contributed by atoms with Gasteiger partial charge in [0.05, 0.1) is 8.22 Å². The molecule has 0 radical (unpaired) electrons. The molecular formula is C22H33N2P. The largest absolute Gasteiger partial charge is 0.348 e. The predicted octanol–water partition coefficient (Wildman–Crippen LogP) is 6.32. The van der Waals surface area contributed by atoms with Gasteiger partial charge in [-0.2, -0.15) is 0 Å². The first kappa shape index (κ1) is 19.9. The number of benzene rings is 2. The Labute approximate surface area is 155 Å². The van der Waals surface area contributed by atoms with Crippen LogP contribution in [0.2, 0.25) is 0 Å². The third kappa shape index (κ3) is 4.84. The number of nitrogens with zero attached hydrogens (tertiary/aromatic N) is 1. The number of hydrogen-bond acceptors (Lipinski definition) is 2. The number of para-hydroxylation sites is 1. The lowest BCUT2D eigenvalue weighted by molar-refractivity contribution is 0.512. The van der Waals surface area contributed by atoms with Gasteiger partial charge >= 0.3 is 0 Å². The molecule has 136 valence electrons. The van der Waals surface area contributed by atoms with Crippen LogP contribution in [0.15, 0.2) is 48.5 Å². The highest BCUT2D eigenvalue weighted by Gasteiger charge is 2.22. The maximum absolute atomic E-state index is 3.99. The van der Waals surface area contributed by atoms with Crippen LogP contribution >= 0.6 is 8.22 Å². The Hall–Kier alpha value is -1.37. The normalized spacial score (nSPS) is 12.8. The molecule has 0 spiro atoms. The second-order valence-electron chi connectivity index (χ2n) is 7.02. The SMILES string of the molecule is CCN(CC)[P@@](Nc1c(C(C)C)cccc1C(C)C)c1ccccc1. The van der Waals surface area contributed by atoms with Crippen molar-refractivity contribution >= 4 is 19.2 Å². The molecule has 2 rings (SSSR count). The molecule has 0 aliphatic rings. The van der Waals surface area contributed by atoms with Crippen LogP contribution in [0, 0.1) is 0 Å². The summed E-state index contributed by atoms with van der Waals surface area (Å²) >= 11 is 0. The minimum Gasteiger partial charge on any atom is -0.348 e. The Balaban J connectivity index is 2.52. The van der Waals surface area contributed by atoms with Crippen molar-refractivity contribution in [2.24, 2.45) is 0 Å². The fourth-order valence-corrected chi connectivity index (χ4v) is 5.25. The fourth-order valence-electron chi connectivity index (χ4n) is 3.16. The maximum atomic E-state index is 3.99. The van der Waals surface area contributed by atoms with Crippen LogP contribution in [0.5, 0.6) is 0 Å². The van der Waals surface area contributed by atoms with E-state index in [1.54, 1.807) is 0 Å². The van der Waals surface area contributed by atoms with Gasteiger partial charge in [0.1, 0.15) is 0 Å². The van der Waals surface area contributed by atoms with Gasteiger partial charge in [-0.1, -0.05) is 90.1 Å². The van der Waals surface area contributed by atoms with Crippen molar-refractivity contribution in [1.29, 1.82) is 0 Å². The molecule has 0 heterocycles. The summed E-state index contributed by atoms with van der Waals surface area (Å²) in [6.45, 7) is 15.7. The highest BCUT2D eigenvalue weighted by atomic mass is 31.1. The first-order valence-corrected chi connectivity index (χ1v) is 10.8. The Morgan fingerprint density at radius 2 is 1.32 bits per heavy atom. The van der Waals surface area contributed by atoms with Crippen LogP contribution in [-0.2, 0) is 0 Å². The molecule has 2 aromatic carbocycles. The number of rotatable bonds is 8. The molecule has 3 heteroatoms. The van der Waals surface area contributed by atoms with Gasteiger partial charge in [-0.3, -0.25) is 4.67 Å². The van der Waals surface area contributed by atoms with E-state index in [1.165, 1.54) is 22.1 Å². The summed E-state index contributed by atoms with van der Waals surface area (Å²) in [5.74, 6) is 1.01. The molecule has 1 N–H and O–H groups in total. The van der Waals surface area contributed by atoms with Crippen molar-refractivity contribution in [3.63, 3.8) is 0 Å². The highest BCUT2D eigenvalue weighted by Crippen LogP contribution is 2.44. The molecular weight excluding hydrogens is 323 g/mol. The number of hydrogen-bond donors (Lipinski definition) is 1. The maximum Gasteiger partial charge on any atom is 0.0976 e. The summed E-state index contributed by atoms with van der Waals surface area (Å²) in [4.78, 5) is 0. The minimum atomic E-state index is -0.594. The molecule has 0 amide bonds. The molecule has 0 saturated heterocycles. The van der Waals surface area contributed by atoms with Crippen molar-refractivity contribution in [3.05, 3.63) is 59.7 Å². The first-order chi connectivity index (χ1) is 12.0. The van der Waals surface area contributed by atoms with Crippen LogP contribution in [0.3, 0.4) is 0 Å². The molecule has 0 unspecified atom stereocenters. The molecule has 0 bridgehead atoms. The lowest BCUT2D eigenvalue weighted by atomic mass is 9.93. The summed E-state index contributed by atoms with van der Waals surface area (Å²) in [5, 5.41) is 5.37. The zero-order valence-electron chi connectivity index (χ0n) is 16.6. The summed E-state index contributed by atoms with van der Waals surface area (Å²) in [7, 11) is -0.594. The predicted molar refractivity (Wildman–Crippen MR) is 114 cm³/mol. The van der Waals surface area contributed by atoms with E-state index in [2.05, 4.69) is 99.8 Å². The Kier molecular flexibility index (Phi) is 7.47. The first-order valence-electron chi connectivity index (χ1n) is 9.49. The van der Waals surface area contributed by atoms with Gasteiger partial charge < -0.3 is 5.09 Å². The van der Waals surface area contributed by atoms with Gasteiger partial charge in [0.2, 0.25) is 0 Å².